The van der Waals surface area contributed by atoms with E-state index in [9.17, 15) is 15.3 Å². The molecule has 0 radical (unpaired) electrons. The molecule has 0 saturated carbocycles. The predicted molar refractivity (Wildman–Crippen MR) is 50.2 cm³/mol. The van der Waals surface area contributed by atoms with Crippen LogP contribution in [0.5, 0.6) is 17.2 Å². The van der Waals surface area contributed by atoms with Crippen molar-refractivity contribution >= 4 is 0 Å². The van der Waals surface area contributed by atoms with E-state index in [1.807, 2.05) is 13.8 Å². The molecule has 0 aliphatic rings. The van der Waals surface area contributed by atoms with Gasteiger partial charge in [-0.3, -0.25) is 0 Å². The summed E-state index contributed by atoms with van der Waals surface area (Å²) in [5.74, 6) is -0.828. The minimum absolute atomic E-state index is 0.211. The van der Waals surface area contributed by atoms with E-state index in [-0.39, 0.29) is 11.5 Å². The van der Waals surface area contributed by atoms with Crippen molar-refractivity contribution in [2.45, 2.75) is 26.7 Å². The van der Waals surface area contributed by atoms with Gasteiger partial charge in [-0.05, 0) is 30.0 Å². The monoisotopic (exact) mass is 182 g/mol. The van der Waals surface area contributed by atoms with Crippen molar-refractivity contribution in [3.05, 3.63) is 17.2 Å². The summed E-state index contributed by atoms with van der Waals surface area (Å²) in [6.45, 7) is 3.76. The van der Waals surface area contributed by atoms with Gasteiger partial charge >= 0.3 is 0 Å². The molecule has 0 amide bonds. The van der Waals surface area contributed by atoms with E-state index >= 15 is 0 Å². The Hall–Kier alpha value is -1.38. The SMILES string of the molecule is CCc1cc(CC)c(O)c(O)c1O. The molecule has 3 heteroatoms. The highest BCUT2D eigenvalue weighted by Gasteiger charge is 2.13. The lowest BCUT2D eigenvalue weighted by Gasteiger charge is -2.09. The lowest BCUT2D eigenvalue weighted by atomic mass is 10.0. The minimum Gasteiger partial charge on any atom is -0.504 e. The number of benzene rings is 1. The zero-order valence-electron chi connectivity index (χ0n) is 7.83. The number of phenols is 3. The molecule has 1 aromatic rings. The second-order valence-corrected chi connectivity index (χ2v) is 2.95. The molecule has 0 bridgehead atoms. The highest BCUT2D eigenvalue weighted by atomic mass is 16.3. The number of hydrogen-bond acceptors (Lipinski definition) is 3. The van der Waals surface area contributed by atoms with Crippen molar-refractivity contribution in [3.8, 4) is 17.2 Å². The Kier molecular flexibility index (Phi) is 2.66. The van der Waals surface area contributed by atoms with Gasteiger partial charge < -0.3 is 15.3 Å². The van der Waals surface area contributed by atoms with Gasteiger partial charge in [0.15, 0.2) is 11.5 Å². The van der Waals surface area contributed by atoms with Crippen molar-refractivity contribution in [2.24, 2.45) is 0 Å². The van der Waals surface area contributed by atoms with Crippen molar-refractivity contribution in [2.75, 3.05) is 0 Å². The van der Waals surface area contributed by atoms with E-state index < -0.39 is 5.75 Å². The second-order valence-electron chi connectivity index (χ2n) is 2.95. The Balaban J connectivity index is 3.36. The average Bonchev–Trinajstić information content (AvgIpc) is 2.15. The molecule has 0 aliphatic carbocycles. The second kappa shape index (κ2) is 3.56. The van der Waals surface area contributed by atoms with Gasteiger partial charge in [0.25, 0.3) is 0 Å². The number of hydrogen-bond donors (Lipinski definition) is 3. The Bertz CT molecular complexity index is 290. The molecule has 0 unspecified atom stereocenters. The van der Waals surface area contributed by atoms with Crippen molar-refractivity contribution in [1.29, 1.82) is 0 Å². The normalized spacial score (nSPS) is 10.3. The summed E-state index contributed by atoms with van der Waals surface area (Å²) in [6.07, 6.45) is 1.26. The van der Waals surface area contributed by atoms with Crippen LogP contribution in [0.3, 0.4) is 0 Å². The minimum atomic E-state index is -0.406. The fraction of sp³-hybridized carbons (Fsp3) is 0.400. The van der Waals surface area contributed by atoms with Crippen LogP contribution in [0.2, 0.25) is 0 Å². The third kappa shape index (κ3) is 1.54. The van der Waals surface area contributed by atoms with Crippen LogP contribution in [-0.2, 0) is 12.8 Å². The van der Waals surface area contributed by atoms with Gasteiger partial charge in [0, 0.05) is 0 Å². The van der Waals surface area contributed by atoms with Gasteiger partial charge in [0.2, 0.25) is 5.75 Å². The van der Waals surface area contributed by atoms with E-state index in [0.717, 1.165) is 0 Å². The summed E-state index contributed by atoms with van der Waals surface area (Å²) >= 11 is 0. The molecular formula is C10H14O3. The fourth-order valence-electron chi connectivity index (χ4n) is 1.30. The zero-order valence-corrected chi connectivity index (χ0v) is 7.83. The first-order chi connectivity index (χ1) is 6.11. The molecule has 0 aromatic heterocycles. The summed E-state index contributed by atoms with van der Waals surface area (Å²) < 4.78 is 0. The first-order valence-electron chi connectivity index (χ1n) is 4.37. The molecule has 3 nitrogen and oxygen atoms in total. The molecule has 72 valence electrons. The Morgan fingerprint density at radius 1 is 0.846 bits per heavy atom. The molecule has 13 heavy (non-hydrogen) atoms. The largest absolute Gasteiger partial charge is 0.504 e. The van der Waals surface area contributed by atoms with E-state index in [1.54, 1.807) is 6.07 Å². The fourth-order valence-corrected chi connectivity index (χ4v) is 1.30. The van der Waals surface area contributed by atoms with Crippen LogP contribution in [-0.4, -0.2) is 15.3 Å². The predicted octanol–water partition coefficient (Wildman–Crippen LogP) is 1.93. The maximum absolute atomic E-state index is 9.39. The van der Waals surface area contributed by atoms with Crippen molar-refractivity contribution < 1.29 is 15.3 Å². The molecule has 0 spiro atoms. The topological polar surface area (TPSA) is 60.7 Å². The van der Waals surface area contributed by atoms with Gasteiger partial charge in [-0.25, -0.2) is 0 Å². The van der Waals surface area contributed by atoms with Crippen LogP contribution >= 0.6 is 0 Å². The summed E-state index contributed by atoms with van der Waals surface area (Å²) in [6, 6.07) is 1.71. The van der Waals surface area contributed by atoms with Crippen LogP contribution < -0.4 is 0 Å². The van der Waals surface area contributed by atoms with Crippen LogP contribution in [0.25, 0.3) is 0 Å². The van der Waals surface area contributed by atoms with E-state index in [0.29, 0.717) is 24.0 Å². The van der Waals surface area contributed by atoms with Gasteiger partial charge in [-0.15, -0.1) is 0 Å². The zero-order chi connectivity index (χ0) is 10.0. The number of aryl methyl sites for hydroxylation is 2. The molecule has 0 atom stereocenters. The Labute approximate surface area is 77.3 Å². The smallest absolute Gasteiger partial charge is 0.200 e. The third-order valence-corrected chi connectivity index (χ3v) is 2.17. The summed E-state index contributed by atoms with van der Waals surface area (Å²) in [5, 5.41) is 28.1. The molecule has 0 aliphatic heterocycles. The molecule has 0 fully saturated rings. The maximum atomic E-state index is 9.39. The van der Waals surface area contributed by atoms with Crippen molar-refractivity contribution in [3.63, 3.8) is 0 Å². The van der Waals surface area contributed by atoms with Gasteiger partial charge in [0.1, 0.15) is 0 Å². The number of aromatic hydroxyl groups is 3. The highest BCUT2D eigenvalue weighted by Crippen LogP contribution is 2.40. The van der Waals surface area contributed by atoms with Gasteiger partial charge in [-0.2, -0.15) is 0 Å². The lowest BCUT2D eigenvalue weighted by Crippen LogP contribution is -1.89. The van der Waals surface area contributed by atoms with E-state index in [4.69, 9.17) is 0 Å². The molecule has 0 saturated heterocycles. The van der Waals surface area contributed by atoms with E-state index in [1.165, 1.54) is 0 Å². The number of rotatable bonds is 2. The molecule has 3 N–H and O–H groups in total. The molecular weight excluding hydrogens is 168 g/mol. The average molecular weight is 182 g/mol. The van der Waals surface area contributed by atoms with Crippen LogP contribution in [0, 0.1) is 0 Å². The quantitative estimate of drug-likeness (QED) is 0.612. The molecule has 1 aromatic carbocycles. The molecule has 0 heterocycles. The standard InChI is InChI=1S/C10H14O3/c1-3-6-5-7(4-2)9(12)10(13)8(6)11/h5,11-13H,3-4H2,1-2H3. The van der Waals surface area contributed by atoms with Gasteiger partial charge in [0.05, 0.1) is 0 Å². The van der Waals surface area contributed by atoms with Gasteiger partial charge in [-0.1, -0.05) is 13.8 Å². The maximum Gasteiger partial charge on any atom is 0.200 e. The van der Waals surface area contributed by atoms with E-state index in [2.05, 4.69) is 0 Å². The van der Waals surface area contributed by atoms with Crippen LogP contribution in [0.4, 0.5) is 0 Å². The summed E-state index contributed by atoms with van der Waals surface area (Å²) in [4.78, 5) is 0. The van der Waals surface area contributed by atoms with Crippen LogP contribution in [0.1, 0.15) is 25.0 Å². The third-order valence-electron chi connectivity index (χ3n) is 2.17. The lowest BCUT2D eigenvalue weighted by molar-refractivity contribution is 0.362. The van der Waals surface area contributed by atoms with Crippen molar-refractivity contribution in [1.82, 2.24) is 0 Å². The summed E-state index contributed by atoms with van der Waals surface area (Å²) in [7, 11) is 0. The van der Waals surface area contributed by atoms with Crippen LogP contribution in [0.15, 0.2) is 6.07 Å². The highest BCUT2D eigenvalue weighted by molar-refractivity contribution is 5.57. The Morgan fingerprint density at radius 2 is 1.23 bits per heavy atom. The number of phenolic OH excluding ortho intramolecular Hbond substituents is 3. The summed E-state index contributed by atoms with van der Waals surface area (Å²) in [5.41, 5.74) is 1.32. The Morgan fingerprint density at radius 3 is 1.54 bits per heavy atom. The first kappa shape index (κ1) is 9.71. The first-order valence-corrected chi connectivity index (χ1v) is 4.37. The molecule has 1 rings (SSSR count).